The maximum Gasteiger partial charge on any atom is 0.323 e. The van der Waals surface area contributed by atoms with Crippen LogP contribution in [0.25, 0.3) is 21.5 Å². The van der Waals surface area contributed by atoms with Gasteiger partial charge in [0, 0.05) is 33.9 Å². The third-order valence-electron chi connectivity index (χ3n) is 5.80. The van der Waals surface area contributed by atoms with Crippen LogP contribution in [0, 0.1) is 0 Å². The molecule has 2 aromatic carbocycles. The SMILES string of the molecule is COc1ccc2c(O)n(CC3(n4cc5cc(OC)ccc5c4O)NC(=O)NC3=O)cc2c1. The fraction of sp³-hybridized carbons (Fsp3) is 0.182. The molecule has 164 valence electrons. The Morgan fingerprint density at radius 1 is 0.906 bits per heavy atom. The van der Waals surface area contributed by atoms with Crippen molar-refractivity contribution in [3.8, 4) is 23.3 Å². The molecule has 10 heteroatoms. The lowest BCUT2D eigenvalue weighted by molar-refractivity contribution is -0.128. The second kappa shape index (κ2) is 6.84. The highest BCUT2D eigenvalue weighted by Crippen LogP contribution is 2.38. The van der Waals surface area contributed by atoms with Crippen molar-refractivity contribution < 1.29 is 29.3 Å². The van der Waals surface area contributed by atoms with Gasteiger partial charge in [-0.1, -0.05) is 0 Å². The summed E-state index contributed by atoms with van der Waals surface area (Å²) in [6.45, 7) is -0.181. The second-order valence-corrected chi connectivity index (χ2v) is 7.58. The number of imide groups is 1. The van der Waals surface area contributed by atoms with Gasteiger partial charge in [-0.2, -0.15) is 0 Å². The van der Waals surface area contributed by atoms with Gasteiger partial charge in [-0.05, 0) is 36.4 Å². The van der Waals surface area contributed by atoms with Crippen molar-refractivity contribution >= 4 is 33.5 Å². The predicted molar refractivity (Wildman–Crippen MR) is 115 cm³/mol. The van der Waals surface area contributed by atoms with Crippen LogP contribution >= 0.6 is 0 Å². The molecular formula is C22H20N4O6. The van der Waals surface area contributed by atoms with Crippen LogP contribution in [0.3, 0.4) is 0 Å². The molecule has 0 radical (unpaired) electrons. The number of methoxy groups -OCH3 is 2. The summed E-state index contributed by atoms with van der Waals surface area (Å²) in [5.74, 6) is 0.220. The van der Waals surface area contributed by atoms with Crippen molar-refractivity contribution in [3.63, 3.8) is 0 Å². The van der Waals surface area contributed by atoms with Crippen LogP contribution in [-0.4, -0.2) is 45.5 Å². The summed E-state index contributed by atoms with van der Waals surface area (Å²) in [7, 11) is 3.07. The number of carbonyl (C=O) groups excluding carboxylic acids is 2. The number of benzene rings is 2. The fourth-order valence-electron chi connectivity index (χ4n) is 4.17. The molecule has 2 aromatic heterocycles. The van der Waals surface area contributed by atoms with Gasteiger partial charge in [-0.15, -0.1) is 0 Å². The quantitative estimate of drug-likeness (QED) is 0.355. The van der Waals surface area contributed by atoms with Crippen LogP contribution in [0.1, 0.15) is 0 Å². The number of aromatic nitrogens is 2. The molecule has 4 aromatic rings. The summed E-state index contributed by atoms with van der Waals surface area (Å²) in [6.07, 6.45) is 3.21. The standard InChI is InChI=1S/C22H20N4O6/c1-31-14-3-5-16-12(7-14)9-25(18(16)27)11-22(20(29)23-21(30)24-22)26-10-13-8-15(32-2)4-6-17(13)19(26)28/h3-10,27-28H,11H2,1-2H3,(H2,23,24,29,30). The molecular weight excluding hydrogens is 416 g/mol. The average molecular weight is 436 g/mol. The fourth-order valence-corrected chi connectivity index (χ4v) is 4.17. The number of carbonyl (C=O) groups is 2. The number of hydrogen-bond donors (Lipinski definition) is 4. The largest absolute Gasteiger partial charge is 0.497 e. The molecule has 3 amide bonds. The number of ether oxygens (including phenoxy) is 2. The van der Waals surface area contributed by atoms with E-state index in [2.05, 4.69) is 10.6 Å². The Kier molecular flexibility index (Phi) is 4.19. The van der Waals surface area contributed by atoms with Crippen LogP contribution in [0.2, 0.25) is 0 Å². The van der Waals surface area contributed by atoms with E-state index >= 15 is 0 Å². The lowest BCUT2D eigenvalue weighted by Gasteiger charge is -2.29. The molecule has 0 bridgehead atoms. The van der Waals surface area contributed by atoms with Crippen LogP contribution in [0.4, 0.5) is 4.79 Å². The monoisotopic (exact) mass is 436 g/mol. The molecule has 0 spiro atoms. The molecule has 0 aliphatic carbocycles. The maximum atomic E-state index is 13.0. The molecule has 1 unspecified atom stereocenters. The number of nitrogens with one attached hydrogen (secondary N) is 2. The molecule has 1 aliphatic rings. The minimum Gasteiger partial charge on any atom is -0.497 e. The smallest absolute Gasteiger partial charge is 0.323 e. The van der Waals surface area contributed by atoms with Crippen molar-refractivity contribution in [1.82, 2.24) is 19.8 Å². The zero-order chi connectivity index (χ0) is 22.6. The van der Waals surface area contributed by atoms with Crippen molar-refractivity contribution in [1.29, 1.82) is 0 Å². The molecule has 32 heavy (non-hydrogen) atoms. The van der Waals surface area contributed by atoms with Gasteiger partial charge in [0.15, 0.2) is 5.88 Å². The summed E-state index contributed by atoms with van der Waals surface area (Å²) < 4.78 is 13.2. The zero-order valence-electron chi connectivity index (χ0n) is 17.2. The van der Waals surface area contributed by atoms with E-state index in [1.54, 1.807) is 55.9 Å². The third-order valence-corrected chi connectivity index (χ3v) is 5.80. The molecule has 1 saturated heterocycles. The Balaban J connectivity index is 1.68. The molecule has 3 heterocycles. The van der Waals surface area contributed by atoms with Crippen LogP contribution < -0.4 is 20.1 Å². The highest BCUT2D eigenvalue weighted by Gasteiger charge is 2.50. The minimum absolute atomic E-state index is 0.0890. The van der Waals surface area contributed by atoms with E-state index in [1.165, 1.54) is 16.2 Å². The number of amides is 3. The number of urea groups is 1. The third kappa shape index (κ3) is 2.73. The topological polar surface area (TPSA) is 127 Å². The van der Waals surface area contributed by atoms with E-state index in [0.29, 0.717) is 33.0 Å². The van der Waals surface area contributed by atoms with E-state index in [9.17, 15) is 19.8 Å². The number of hydrogen-bond acceptors (Lipinski definition) is 6. The van der Waals surface area contributed by atoms with Crippen LogP contribution in [-0.2, 0) is 17.0 Å². The van der Waals surface area contributed by atoms with Crippen molar-refractivity contribution in [2.75, 3.05) is 14.2 Å². The van der Waals surface area contributed by atoms with Gasteiger partial charge in [0.2, 0.25) is 11.5 Å². The first-order chi connectivity index (χ1) is 15.4. The van der Waals surface area contributed by atoms with Crippen molar-refractivity contribution in [3.05, 3.63) is 48.8 Å². The van der Waals surface area contributed by atoms with Gasteiger partial charge in [0.1, 0.15) is 11.5 Å². The Labute approximate surface area is 181 Å². The highest BCUT2D eigenvalue weighted by atomic mass is 16.5. The lowest BCUT2D eigenvalue weighted by Crippen LogP contribution is -2.51. The van der Waals surface area contributed by atoms with Crippen molar-refractivity contribution in [2.45, 2.75) is 12.2 Å². The molecule has 4 N–H and O–H groups in total. The zero-order valence-corrected chi connectivity index (χ0v) is 17.2. The van der Waals surface area contributed by atoms with E-state index in [4.69, 9.17) is 9.47 Å². The summed E-state index contributed by atoms with van der Waals surface area (Å²) in [5.41, 5.74) is -1.72. The van der Waals surface area contributed by atoms with Crippen LogP contribution in [0.5, 0.6) is 23.3 Å². The van der Waals surface area contributed by atoms with Gasteiger partial charge in [0.05, 0.1) is 20.8 Å². The summed E-state index contributed by atoms with van der Waals surface area (Å²) in [6, 6.07) is 9.52. The Hall–Kier alpha value is -4.34. The first kappa shape index (κ1) is 19.6. The number of fused-ring (bicyclic) bond motifs is 2. The second-order valence-electron chi connectivity index (χ2n) is 7.58. The molecule has 1 aliphatic heterocycles. The number of aromatic hydroxyl groups is 2. The Morgan fingerprint density at radius 2 is 1.50 bits per heavy atom. The molecule has 0 saturated carbocycles. The van der Waals surface area contributed by atoms with Gasteiger partial charge in [-0.3, -0.25) is 14.7 Å². The van der Waals surface area contributed by atoms with E-state index < -0.39 is 17.6 Å². The normalized spacial score (nSPS) is 18.2. The number of rotatable bonds is 5. The average Bonchev–Trinajstić information content (AvgIpc) is 3.39. The first-order valence-electron chi connectivity index (χ1n) is 9.74. The van der Waals surface area contributed by atoms with Crippen molar-refractivity contribution in [2.24, 2.45) is 0 Å². The molecule has 1 fully saturated rings. The number of nitrogens with zero attached hydrogens (tertiary/aromatic N) is 2. The van der Waals surface area contributed by atoms with E-state index in [1.807, 2.05) is 0 Å². The predicted octanol–water partition coefficient (Wildman–Crippen LogP) is 2.22. The van der Waals surface area contributed by atoms with Gasteiger partial charge >= 0.3 is 6.03 Å². The summed E-state index contributed by atoms with van der Waals surface area (Å²) in [5, 5.41) is 28.9. The van der Waals surface area contributed by atoms with E-state index in [-0.39, 0.29) is 18.3 Å². The lowest BCUT2D eigenvalue weighted by atomic mass is 10.1. The van der Waals surface area contributed by atoms with Crippen LogP contribution in [0.15, 0.2) is 48.8 Å². The van der Waals surface area contributed by atoms with Gasteiger partial charge in [0.25, 0.3) is 5.91 Å². The van der Waals surface area contributed by atoms with Gasteiger partial charge in [-0.25, -0.2) is 4.79 Å². The first-order valence-corrected chi connectivity index (χ1v) is 9.74. The van der Waals surface area contributed by atoms with E-state index in [0.717, 1.165) is 0 Å². The molecule has 10 nitrogen and oxygen atoms in total. The molecule has 1 atom stereocenters. The van der Waals surface area contributed by atoms with Gasteiger partial charge < -0.3 is 29.6 Å². The Bertz CT molecular complexity index is 1400. The summed E-state index contributed by atoms with van der Waals surface area (Å²) in [4.78, 5) is 25.2. The summed E-state index contributed by atoms with van der Waals surface area (Å²) >= 11 is 0. The minimum atomic E-state index is -1.72. The highest BCUT2D eigenvalue weighted by molar-refractivity contribution is 6.06. The Morgan fingerprint density at radius 3 is 2.06 bits per heavy atom. The molecule has 5 rings (SSSR count). The maximum absolute atomic E-state index is 13.0.